The molecule has 2 heterocycles. The zero-order chi connectivity index (χ0) is 17.9. The lowest BCUT2D eigenvalue weighted by atomic mass is 9.98. The van der Waals surface area contributed by atoms with E-state index in [4.69, 9.17) is 0 Å². The number of nitrogens with one attached hydrogen (secondary N) is 2. The van der Waals surface area contributed by atoms with Crippen molar-refractivity contribution in [1.29, 1.82) is 0 Å². The Bertz CT molecular complexity index is 694. The molecule has 0 radical (unpaired) electrons. The molecule has 0 bridgehead atoms. The summed E-state index contributed by atoms with van der Waals surface area (Å²) in [5.41, 5.74) is 0. The number of H-pyrrole nitrogens is 1. The number of hydrogen-bond acceptors (Lipinski definition) is 4. The maximum atomic E-state index is 12.7. The monoisotopic (exact) mass is 357 g/mol. The molecule has 2 unspecified atom stereocenters. The second-order valence-electron chi connectivity index (χ2n) is 7.74. The van der Waals surface area contributed by atoms with E-state index in [1.165, 1.54) is 0 Å². The van der Waals surface area contributed by atoms with Gasteiger partial charge in [0.2, 0.25) is 11.7 Å². The lowest BCUT2D eigenvalue weighted by Crippen LogP contribution is -2.49. The Labute approximate surface area is 153 Å². The number of amides is 2. The first kappa shape index (κ1) is 17.2. The molecule has 2 amide bonds. The molecule has 1 aromatic rings. The maximum absolute atomic E-state index is 12.7. The standard InChI is InChI=1S/C19H27N5O2/c25-16(11-13-5-1-2-6-13)24-10-4-3-7-15(24)12-20-19(26)18-21-17(22-23-18)14-8-9-14/h1,5,13-15H,2-4,6-12H2,(H,20,26)(H,21,22,23). The van der Waals surface area contributed by atoms with Gasteiger partial charge in [0.05, 0.1) is 0 Å². The van der Waals surface area contributed by atoms with E-state index in [0.29, 0.717) is 24.8 Å². The van der Waals surface area contributed by atoms with Crippen LogP contribution in [-0.4, -0.2) is 51.0 Å². The van der Waals surface area contributed by atoms with Crippen molar-refractivity contribution in [3.8, 4) is 0 Å². The normalized spacial score (nSPS) is 25.5. The average Bonchev–Trinajstić information content (AvgIpc) is 3.17. The number of aromatic nitrogens is 3. The number of hydrogen-bond donors (Lipinski definition) is 2. The maximum Gasteiger partial charge on any atom is 0.291 e. The fourth-order valence-electron chi connectivity index (χ4n) is 3.95. The molecule has 1 aliphatic heterocycles. The van der Waals surface area contributed by atoms with E-state index in [9.17, 15) is 9.59 Å². The van der Waals surface area contributed by atoms with Crippen LogP contribution in [0.4, 0.5) is 0 Å². The topological polar surface area (TPSA) is 91.0 Å². The molecular weight excluding hydrogens is 330 g/mol. The van der Waals surface area contributed by atoms with Gasteiger partial charge in [0.25, 0.3) is 5.91 Å². The summed E-state index contributed by atoms with van der Waals surface area (Å²) in [5.74, 6) is 1.80. The number of rotatable bonds is 6. The SMILES string of the molecule is O=C(NCC1CCCCN1C(=O)CC1C=CCC1)c1n[nH]c(C2CC2)n1. The van der Waals surface area contributed by atoms with E-state index in [1.807, 2.05) is 4.90 Å². The zero-order valence-electron chi connectivity index (χ0n) is 15.1. The fraction of sp³-hybridized carbons (Fsp3) is 0.684. The molecule has 7 nitrogen and oxygen atoms in total. The lowest BCUT2D eigenvalue weighted by molar-refractivity contribution is -0.135. The largest absolute Gasteiger partial charge is 0.347 e. The van der Waals surface area contributed by atoms with Crippen molar-refractivity contribution in [2.45, 2.75) is 63.3 Å². The third-order valence-electron chi connectivity index (χ3n) is 5.66. The molecule has 2 atom stereocenters. The highest BCUT2D eigenvalue weighted by molar-refractivity contribution is 5.90. The van der Waals surface area contributed by atoms with Crippen molar-refractivity contribution < 1.29 is 9.59 Å². The quantitative estimate of drug-likeness (QED) is 0.763. The van der Waals surface area contributed by atoms with Gasteiger partial charge < -0.3 is 10.2 Å². The van der Waals surface area contributed by atoms with Crippen LogP contribution >= 0.6 is 0 Å². The predicted molar refractivity (Wildman–Crippen MR) is 96.5 cm³/mol. The van der Waals surface area contributed by atoms with Gasteiger partial charge >= 0.3 is 0 Å². The number of carbonyl (C=O) groups excluding carboxylic acids is 2. The van der Waals surface area contributed by atoms with Gasteiger partial charge in [-0.1, -0.05) is 12.2 Å². The molecule has 0 aromatic carbocycles. The molecule has 7 heteroatoms. The lowest BCUT2D eigenvalue weighted by Gasteiger charge is -2.36. The van der Waals surface area contributed by atoms with Gasteiger partial charge in [-0.25, -0.2) is 4.98 Å². The smallest absolute Gasteiger partial charge is 0.291 e. The van der Waals surface area contributed by atoms with Crippen LogP contribution in [0.25, 0.3) is 0 Å². The number of likely N-dealkylation sites (tertiary alicyclic amines) is 1. The van der Waals surface area contributed by atoms with Crippen LogP contribution in [0.5, 0.6) is 0 Å². The molecule has 0 spiro atoms. The first-order valence-corrected chi connectivity index (χ1v) is 9.87. The second kappa shape index (κ2) is 7.60. The molecular formula is C19H27N5O2. The van der Waals surface area contributed by atoms with E-state index >= 15 is 0 Å². The Balaban J connectivity index is 1.31. The molecule has 1 saturated heterocycles. The Morgan fingerprint density at radius 2 is 2.12 bits per heavy atom. The summed E-state index contributed by atoms with van der Waals surface area (Å²) in [5, 5.41) is 9.82. The van der Waals surface area contributed by atoms with Gasteiger partial charge in [0.1, 0.15) is 5.82 Å². The van der Waals surface area contributed by atoms with E-state index in [0.717, 1.165) is 57.3 Å². The van der Waals surface area contributed by atoms with E-state index in [1.54, 1.807) is 0 Å². The number of aromatic amines is 1. The van der Waals surface area contributed by atoms with Gasteiger partial charge in [0.15, 0.2) is 0 Å². The molecule has 2 aliphatic carbocycles. The van der Waals surface area contributed by atoms with Crippen LogP contribution in [0.15, 0.2) is 12.2 Å². The molecule has 2 N–H and O–H groups in total. The van der Waals surface area contributed by atoms with Crippen LogP contribution in [0.3, 0.4) is 0 Å². The van der Waals surface area contributed by atoms with Crippen molar-refractivity contribution in [1.82, 2.24) is 25.4 Å². The molecule has 26 heavy (non-hydrogen) atoms. The first-order valence-electron chi connectivity index (χ1n) is 9.87. The Kier molecular flexibility index (Phi) is 5.04. The summed E-state index contributed by atoms with van der Waals surface area (Å²) in [6.07, 6.45) is 12.4. The van der Waals surface area contributed by atoms with E-state index in [-0.39, 0.29) is 23.7 Å². The van der Waals surface area contributed by atoms with Crippen LogP contribution < -0.4 is 5.32 Å². The van der Waals surface area contributed by atoms with Gasteiger partial charge in [-0.15, -0.1) is 5.10 Å². The third-order valence-corrected chi connectivity index (χ3v) is 5.66. The van der Waals surface area contributed by atoms with Crippen LogP contribution in [0.2, 0.25) is 0 Å². The number of nitrogens with zero attached hydrogens (tertiary/aromatic N) is 3. The molecule has 140 valence electrons. The van der Waals surface area contributed by atoms with Crippen LogP contribution in [0, 0.1) is 5.92 Å². The zero-order valence-corrected chi connectivity index (χ0v) is 15.1. The summed E-state index contributed by atoms with van der Waals surface area (Å²) in [4.78, 5) is 31.3. The van der Waals surface area contributed by atoms with Gasteiger partial charge in [-0.2, -0.15) is 0 Å². The Hall–Kier alpha value is -2.18. The van der Waals surface area contributed by atoms with E-state index < -0.39 is 0 Å². The highest BCUT2D eigenvalue weighted by Gasteiger charge is 2.30. The first-order chi connectivity index (χ1) is 12.7. The van der Waals surface area contributed by atoms with Crippen molar-refractivity contribution >= 4 is 11.8 Å². The van der Waals surface area contributed by atoms with Crippen LogP contribution in [-0.2, 0) is 4.79 Å². The summed E-state index contributed by atoms with van der Waals surface area (Å²) in [6, 6.07) is 0.0763. The molecule has 4 rings (SSSR count). The highest BCUT2D eigenvalue weighted by Crippen LogP contribution is 2.37. The van der Waals surface area contributed by atoms with Crippen molar-refractivity contribution in [2.75, 3.05) is 13.1 Å². The predicted octanol–water partition coefficient (Wildman–Crippen LogP) is 2.15. The second-order valence-corrected chi connectivity index (χ2v) is 7.74. The summed E-state index contributed by atoms with van der Waals surface area (Å²) in [6.45, 7) is 1.26. The van der Waals surface area contributed by atoms with Crippen molar-refractivity contribution in [2.24, 2.45) is 5.92 Å². The van der Waals surface area contributed by atoms with Crippen molar-refractivity contribution in [3.63, 3.8) is 0 Å². The Morgan fingerprint density at radius 3 is 2.88 bits per heavy atom. The number of carbonyl (C=O) groups is 2. The Morgan fingerprint density at radius 1 is 1.23 bits per heavy atom. The van der Waals surface area contributed by atoms with Gasteiger partial charge in [-0.3, -0.25) is 14.7 Å². The minimum absolute atomic E-state index is 0.0763. The number of piperidine rings is 1. The minimum atomic E-state index is -0.259. The average molecular weight is 357 g/mol. The summed E-state index contributed by atoms with van der Waals surface area (Å²) < 4.78 is 0. The molecule has 3 aliphatic rings. The minimum Gasteiger partial charge on any atom is -0.347 e. The van der Waals surface area contributed by atoms with Crippen LogP contribution in [0.1, 0.15) is 73.7 Å². The van der Waals surface area contributed by atoms with Gasteiger partial charge in [-0.05, 0) is 50.9 Å². The highest BCUT2D eigenvalue weighted by atomic mass is 16.2. The summed E-state index contributed by atoms with van der Waals surface area (Å²) in [7, 11) is 0. The molecule has 1 saturated carbocycles. The fourth-order valence-corrected chi connectivity index (χ4v) is 3.95. The van der Waals surface area contributed by atoms with Gasteiger partial charge in [0, 0.05) is 31.5 Å². The van der Waals surface area contributed by atoms with E-state index in [2.05, 4.69) is 32.7 Å². The third kappa shape index (κ3) is 3.97. The number of allylic oxidation sites excluding steroid dienone is 2. The molecule has 2 fully saturated rings. The molecule has 1 aromatic heterocycles. The van der Waals surface area contributed by atoms with Crippen molar-refractivity contribution in [3.05, 3.63) is 23.8 Å². The summed E-state index contributed by atoms with van der Waals surface area (Å²) >= 11 is 0.